The van der Waals surface area contributed by atoms with E-state index in [1.54, 1.807) is 26.8 Å². The second kappa shape index (κ2) is 11.8. The highest BCUT2D eigenvalue weighted by atomic mass is 32.1. The van der Waals surface area contributed by atoms with Crippen LogP contribution in [0.25, 0.3) is 17.1 Å². The fourth-order valence-corrected chi connectivity index (χ4v) is 4.10. The zero-order valence-electron chi connectivity index (χ0n) is 19.3. The zero-order chi connectivity index (χ0) is 25.4. The number of aromatic nitrogens is 2. The van der Waals surface area contributed by atoms with Crippen molar-refractivity contribution in [2.45, 2.75) is 20.8 Å². The summed E-state index contributed by atoms with van der Waals surface area (Å²) in [5.74, 6) is -2.77. The lowest BCUT2D eigenvalue weighted by atomic mass is 10.1. The van der Waals surface area contributed by atoms with E-state index in [0.717, 1.165) is 22.9 Å². The summed E-state index contributed by atoms with van der Waals surface area (Å²) in [5.41, 5.74) is 2.23. The van der Waals surface area contributed by atoms with E-state index in [2.05, 4.69) is 15.3 Å². The second-order valence-corrected chi connectivity index (χ2v) is 7.99. The van der Waals surface area contributed by atoms with Gasteiger partial charge in [-0.2, -0.15) is 0 Å². The van der Waals surface area contributed by atoms with Gasteiger partial charge < -0.3 is 19.5 Å². The molecule has 11 heteroatoms. The van der Waals surface area contributed by atoms with Crippen LogP contribution in [0.15, 0.2) is 36.5 Å². The summed E-state index contributed by atoms with van der Waals surface area (Å²) in [6.45, 7) is 4.51. The highest BCUT2D eigenvalue weighted by Crippen LogP contribution is 2.34. The van der Waals surface area contributed by atoms with Crippen molar-refractivity contribution in [1.82, 2.24) is 9.97 Å². The maximum atomic E-state index is 12.4. The average molecular weight is 498 g/mol. The van der Waals surface area contributed by atoms with Gasteiger partial charge in [0.15, 0.2) is 6.61 Å². The van der Waals surface area contributed by atoms with Crippen LogP contribution in [-0.2, 0) is 23.8 Å². The number of esters is 3. The number of ether oxygens (including phenoxy) is 3. The predicted octanol–water partition coefficient (Wildman–Crippen LogP) is 3.55. The molecule has 35 heavy (non-hydrogen) atoms. The Morgan fingerprint density at radius 3 is 2.40 bits per heavy atom. The number of para-hydroxylation sites is 2. The molecule has 0 unspecified atom stereocenters. The summed E-state index contributed by atoms with van der Waals surface area (Å²) < 4.78 is 15.0. The molecule has 0 atom stereocenters. The first kappa shape index (κ1) is 25.5. The number of benzene rings is 1. The number of anilines is 1. The summed E-state index contributed by atoms with van der Waals surface area (Å²) in [7, 11) is 0. The number of hydrogen-bond acceptors (Lipinski definition) is 10. The third-order valence-corrected chi connectivity index (χ3v) is 5.73. The van der Waals surface area contributed by atoms with Crippen LogP contribution in [0.3, 0.4) is 0 Å². The molecule has 0 aliphatic carbocycles. The van der Waals surface area contributed by atoms with Crippen molar-refractivity contribution < 1.29 is 33.4 Å². The number of carbonyl (C=O) groups excluding carboxylic acids is 4. The smallest absolute Gasteiger partial charge is 0.348 e. The number of nitrogens with one attached hydrogen (secondary N) is 1. The molecular weight excluding hydrogens is 474 g/mol. The summed E-state index contributed by atoms with van der Waals surface area (Å²) in [6, 6.07) is 7.29. The second-order valence-electron chi connectivity index (χ2n) is 6.97. The molecule has 0 saturated heterocycles. The maximum absolute atomic E-state index is 12.4. The van der Waals surface area contributed by atoms with Crippen LogP contribution in [0.4, 0.5) is 5.00 Å². The Morgan fingerprint density at radius 1 is 1.00 bits per heavy atom. The molecule has 1 amide bonds. The molecule has 1 N–H and O–H groups in total. The fourth-order valence-electron chi connectivity index (χ4n) is 2.99. The standard InChI is InChI=1S/C24H23N3O7S/c1-4-32-23(30)20-14(3)21(24(31)33-5-2)35-22(20)27-18(28)13-34-19(29)11-10-15-12-25-16-8-6-7-9-17(16)26-15/h6-12H,4-5,13H2,1-3H3,(H,27,28)/b11-10+. The van der Waals surface area contributed by atoms with Gasteiger partial charge >= 0.3 is 17.9 Å². The Labute approximate surface area is 204 Å². The minimum absolute atomic E-state index is 0.0503. The lowest BCUT2D eigenvalue weighted by molar-refractivity contribution is -0.142. The topological polar surface area (TPSA) is 134 Å². The molecule has 0 saturated carbocycles. The predicted molar refractivity (Wildman–Crippen MR) is 129 cm³/mol. The van der Waals surface area contributed by atoms with Gasteiger partial charge in [0.05, 0.1) is 41.7 Å². The number of thiophene rings is 1. The van der Waals surface area contributed by atoms with Crippen LogP contribution < -0.4 is 5.32 Å². The first-order chi connectivity index (χ1) is 16.8. The van der Waals surface area contributed by atoms with Crippen molar-refractivity contribution in [3.05, 3.63) is 58.2 Å². The molecule has 0 radical (unpaired) electrons. The molecule has 0 fully saturated rings. The van der Waals surface area contributed by atoms with Crippen molar-refractivity contribution in [3.8, 4) is 0 Å². The molecule has 10 nitrogen and oxygen atoms in total. The average Bonchev–Trinajstić information content (AvgIpc) is 3.17. The van der Waals surface area contributed by atoms with Crippen molar-refractivity contribution in [3.63, 3.8) is 0 Å². The van der Waals surface area contributed by atoms with Gasteiger partial charge in [0.1, 0.15) is 9.88 Å². The van der Waals surface area contributed by atoms with Gasteiger partial charge in [-0.05, 0) is 44.5 Å². The van der Waals surface area contributed by atoms with E-state index in [9.17, 15) is 19.2 Å². The highest BCUT2D eigenvalue weighted by molar-refractivity contribution is 7.18. The van der Waals surface area contributed by atoms with E-state index < -0.39 is 30.4 Å². The molecule has 182 valence electrons. The molecular formula is C24H23N3O7S. The van der Waals surface area contributed by atoms with Gasteiger partial charge in [-0.1, -0.05) is 12.1 Å². The SMILES string of the molecule is CCOC(=O)c1sc(NC(=O)COC(=O)/C=C/c2cnc3ccccc3n2)c(C(=O)OCC)c1C. The molecule has 1 aromatic carbocycles. The molecule has 2 heterocycles. The first-order valence-corrected chi connectivity index (χ1v) is 11.5. The van der Waals surface area contributed by atoms with E-state index in [-0.39, 0.29) is 28.7 Å². The fraction of sp³-hybridized carbons (Fsp3) is 0.250. The van der Waals surface area contributed by atoms with Crippen molar-refractivity contribution in [1.29, 1.82) is 0 Å². The van der Waals surface area contributed by atoms with Crippen LogP contribution >= 0.6 is 11.3 Å². The largest absolute Gasteiger partial charge is 0.462 e. The number of amides is 1. The zero-order valence-corrected chi connectivity index (χ0v) is 20.1. The molecule has 0 aliphatic rings. The lowest BCUT2D eigenvalue weighted by Gasteiger charge is -2.07. The van der Waals surface area contributed by atoms with Gasteiger partial charge in [0, 0.05) is 6.08 Å². The summed E-state index contributed by atoms with van der Waals surface area (Å²) in [6.07, 6.45) is 4.06. The van der Waals surface area contributed by atoms with Crippen LogP contribution in [0.5, 0.6) is 0 Å². The molecule has 0 bridgehead atoms. The molecule has 0 spiro atoms. The maximum Gasteiger partial charge on any atom is 0.348 e. The Bertz CT molecular complexity index is 1300. The number of nitrogens with zero attached hydrogens (tertiary/aromatic N) is 2. The summed E-state index contributed by atoms with van der Waals surface area (Å²) in [5, 5.41) is 2.61. The summed E-state index contributed by atoms with van der Waals surface area (Å²) in [4.78, 5) is 57.8. The van der Waals surface area contributed by atoms with Crippen LogP contribution in [0.1, 0.15) is 45.1 Å². The third kappa shape index (κ3) is 6.48. The van der Waals surface area contributed by atoms with Gasteiger partial charge in [0.25, 0.3) is 5.91 Å². The first-order valence-electron chi connectivity index (χ1n) is 10.7. The lowest BCUT2D eigenvalue weighted by Crippen LogP contribution is -2.21. The van der Waals surface area contributed by atoms with E-state index in [0.29, 0.717) is 16.8 Å². The van der Waals surface area contributed by atoms with E-state index in [4.69, 9.17) is 14.2 Å². The Hall–Kier alpha value is -4.12. The van der Waals surface area contributed by atoms with Gasteiger partial charge in [-0.15, -0.1) is 11.3 Å². The molecule has 0 aliphatic heterocycles. The number of hydrogen-bond donors (Lipinski definition) is 1. The quantitative estimate of drug-likeness (QED) is 0.268. The van der Waals surface area contributed by atoms with E-state index >= 15 is 0 Å². The number of fused-ring (bicyclic) bond motifs is 1. The minimum atomic E-state index is -0.768. The summed E-state index contributed by atoms with van der Waals surface area (Å²) >= 11 is 0.882. The molecule has 2 aromatic heterocycles. The van der Waals surface area contributed by atoms with E-state index in [1.165, 1.54) is 12.3 Å². The van der Waals surface area contributed by atoms with Crippen LogP contribution in [0, 0.1) is 6.92 Å². The Morgan fingerprint density at radius 2 is 1.69 bits per heavy atom. The molecule has 3 aromatic rings. The van der Waals surface area contributed by atoms with Gasteiger partial charge in [-0.3, -0.25) is 9.78 Å². The van der Waals surface area contributed by atoms with E-state index in [1.807, 2.05) is 18.2 Å². The number of rotatable bonds is 9. The van der Waals surface area contributed by atoms with Crippen molar-refractivity contribution in [2.75, 3.05) is 25.1 Å². The van der Waals surface area contributed by atoms with Crippen molar-refractivity contribution in [2.24, 2.45) is 0 Å². The van der Waals surface area contributed by atoms with Crippen molar-refractivity contribution >= 4 is 57.3 Å². The Balaban J connectivity index is 1.65. The van der Waals surface area contributed by atoms with Gasteiger partial charge in [0.2, 0.25) is 0 Å². The normalized spacial score (nSPS) is 10.8. The number of carbonyl (C=O) groups is 4. The monoisotopic (exact) mass is 497 g/mol. The van der Waals surface area contributed by atoms with Crippen LogP contribution in [-0.4, -0.2) is 53.6 Å². The molecule has 3 rings (SSSR count). The highest BCUT2D eigenvalue weighted by Gasteiger charge is 2.27. The van der Waals surface area contributed by atoms with Crippen LogP contribution in [0.2, 0.25) is 0 Å². The van der Waals surface area contributed by atoms with Gasteiger partial charge in [-0.25, -0.2) is 19.4 Å². The third-order valence-electron chi connectivity index (χ3n) is 4.54. The minimum Gasteiger partial charge on any atom is -0.462 e. The Kier molecular flexibility index (Phi) is 8.63.